The van der Waals surface area contributed by atoms with Gasteiger partial charge in [-0.1, -0.05) is 12.1 Å². The Labute approximate surface area is 119 Å². The molecule has 0 aliphatic rings. The van der Waals surface area contributed by atoms with Gasteiger partial charge in [-0.2, -0.15) is 4.98 Å². The molecular formula is C15H20N4O. The van der Waals surface area contributed by atoms with Gasteiger partial charge in [-0.3, -0.25) is 0 Å². The fraction of sp³-hybridized carbons (Fsp3) is 0.333. The lowest BCUT2D eigenvalue weighted by Crippen LogP contribution is -2.20. The predicted octanol–water partition coefficient (Wildman–Crippen LogP) is 2.19. The fourth-order valence-electron chi connectivity index (χ4n) is 1.89. The minimum atomic E-state index is 0.708. The summed E-state index contributed by atoms with van der Waals surface area (Å²) in [5.41, 5.74) is 1.18. The second-order valence-electron chi connectivity index (χ2n) is 4.82. The number of hydrogen-bond acceptors (Lipinski definition) is 5. The zero-order valence-corrected chi connectivity index (χ0v) is 12.4. The molecule has 5 heteroatoms. The highest BCUT2D eigenvalue weighted by Gasteiger charge is 2.07. The van der Waals surface area contributed by atoms with Gasteiger partial charge >= 0.3 is 0 Å². The smallest absolute Gasteiger partial charge is 0.226 e. The van der Waals surface area contributed by atoms with Crippen molar-refractivity contribution in [2.45, 2.75) is 6.54 Å². The number of benzene rings is 1. The average molecular weight is 272 g/mol. The molecule has 1 aromatic heterocycles. The van der Waals surface area contributed by atoms with Crippen LogP contribution in [0.3, 0.4) is 0 Å². The Morgan fingerprint density at radius 3 is 2.65 bits per heavy atom. The molecule has 0 fully saturated rings. The summed E-state index contributed by atoms with van der Waals surface area (Å²) in [6.45, 7) is 0.765. The van der Waals surface area contributed by atoms with E-state index in [0.29, 0.717) is 5.95 Å². The molecule has 0 spiro atoms. The largest absolute Gasteiger partial charge is 0.497 e. The topological polar surface area (TPSA) is 41.5 Å². The average Bonchev–Trinajstić information content (AvgIpc) is 2.47. The molecule has 0 amide bonds. The molecule has 2 aromatic rings. The summed E-state index contributed by atoms with van der Waals surface area (Å²) < 4.78 is 5.24. The maximum atomic E-state index is 5.24. The van der Waals surface area contributed by atoms with E-state index in [4.69, 9.17) is 4.74 Å². The fourth-order valence-corrected chi connectivity index (χ4v) is 1.89. The van der Waals surface area contributed by atoms with Gasteiger partial charge in [0.2, 0.25) is 5.95 Å². The van der Waals surface area contributed by atoms with Gasteiger partial charge in [0.05, 0.1) is 7.11 Å². The molecule has 1 heterocycles. The molecule has 0 saturated carbocycles. The van der Waals surface area contributed by atoms with E-state index in [2.05, 4.69) is 20.9 Å². The van der Waals surface area contributed by atoms with Crippen LogP contribution < -0.4 is 14.5 Å². The summed E-state index contributed by atoms with van der Waals surface area (Å²) in [6, 6.07) is 9.95. The second-order valence-corrected chi connectivity index (χ2v) is 4.82. The van der Waals surface area contributed by atoms with Crippen molar-refractivity contribution in [2.75, 3.05) is 38.1 Å². The van der Waals surface area contributed by atoms with Crippen LogP contribution in [-0.2, 0) is 6.54 Å². The standard InChI is InChI=1S/C15H20N4O/c1-18(2)15-16-9-8-14(17-15)19(3)11-12-6-5-7-13(10-12)20-4/h5-10H,11H2,1-4H3. The molecule has 0 atom stereocenters. The highest BCUT2D eigenvalue weighted by atomic mass is 16.5. The zero-order chi connectivity index (χ0) is 14.5. The second kappa shape index (κ2) is 6.23. The number of ether oxygens (including phenoxy) is 1. The van der Waals surface area contributed by atoms with Gasteiger partial charge in [0.25, 0.3) is 0 Å². The van der Waals surface area contributed by atoms with Crippen molar-refractivity contribution in [3.8, 4) is 5.75 Å². The summed E-state index contributed by atoms with van der Waals surface area (Å²) >= 11 is 0. The molecule has 2 rings (SSSR count). The molecule has 0 aliphatic carbocycles. The van der Waals surface area contributed by atoms with Crippen LogP contribution in [0.15, 0.2) is 36.5 Å². The van der Waals surface area contributed by atoms with Gasteiger partial charge in [-0.15, -0.1) is 0 Å². The van der Waals surface area contributed by atoms with E-state index in [-0.39, 0.29) is 0 Å². The summed E-state index contributed by atoms with van der Waals surface area (Å²) in [6.07, 6.45) is 1.78. The SMILES string of the molecule is COc1cccc(CN(C)c2ccnc(N(C)C)n2)c1. The lowest BCUT2D eigenvalue weighted by Gasteiger charge is -2.20. The van der Waals surface area contributed by atoms with Crippen LogP contribution in [0.4, 0.5) is 11.8 Å². The van der Waals surface area contributed by atoms with E-state index in [9.17, 15) is 0 Å². The summed E-state index contributed by atoms with van der Waals surface area (Å²) in [7, 11) is 7.56. The summed E-state index contributed by atoms with van der Waals surface area (Å²) in [5.74, 6) is 2.47. The Morgan fingerprint density at radius 1 is 1.15 bits per heavy atom. The molecule has 1 aromatic carbocycles. The maximum absolute atomic E-state index is 5.24. The zero-order valence-electron chi connectivity index (χ0n) is 12.4. The van der Waals surface area contributed by atoms with E-state index in [1.54, 1.807) is 13.3 Å². The number of methoxy groups -OCH3 is 1. The maximum Gasteiger partial charge on any atom is 0.226 e. The van der Waals surface area contributed by atoms with Crippen molar-refractivity contribution in [3.63, 3.8) is 0 Å². The Hall–Kier alpha value is -2.30. The molecule has 0 bridgehead atoms. The third-order valence-electron chi connectivity index (χ3n) is 2.97. The van der Waals surface area contributed by atoms with Crippen LogP contribution in [0.1, 0.15) is 5.56 Å². The Balaban J connectivity index is 2.14. The molecule has 0 radical (unpaired) electrons. The van der Waals surface area contributed by atoms with Gasteiger partial charge < -0.3 is 14.5 Å². The monoisotopic (exact) mass is 272 g/mol. The predicted molar refractivity (Wildman–Crippen MR) is 81.5 cm³/mol. The highest BCUT2D eigenvalue weighted by Crippen LogP contribution is 2.17. The normalized spacial score (nSPS) is 10.2. The van der Waals surface area contributed by atoms with E-state index >= 15 is 0 Å². The third kappa shape index (κ3) is 3.38. The van der Waals surface area contributed by atoms with Crippen LogP contribution in [0.25, 0.3) is 0 Å². The van der Waals surface area contributed by atoms with E-state index < -0.39 is 0 Å². The van der Waals surface area contributed by atoms with Crippen molar-refractivity contribution in [1.29, 1.82) is 0 Å². The summed E-state index contributed by atoms with van der Waals surface area (Å²) in [4.78, 5) is 12.7. The lowest BCUT2D eigenvalue weighted by atomic mass is 10.2. The van der Waals surface area contributed by atoms with Gasteiger partial charge in [0.1, 0.15) is 11.6 Å². The van der Waals surface area contributed by atoms with Crippen LogP contribution in [-0.4, -0.2) is 38.2 Å². The lowest BCUT2D eigenvalue weighted by molar-refractivity contribution is 0.414. The van der Waals surface area contributed by atoms with Crippen molar-refractivity contribution >= 4 is 11.8 Å². The molecular weight excluding hydrogens is 252 g/mol. The first-order valence-electron chi connectivity index (χ1n) is 6.44. The van der Waals surface area contributed by atoms with Crippen LogP contribution in [0, 0.1) is 0 Å². The van der Waals surface area contributed by atoms with Crippen molar-refractivity contribution in [1.82, 2.24) is 9.97 Å². The molecule has 5 nitrogen and oxygen atoms in total. The molecule has 20 heavy (non-hydrogen) atoms. The van der Waals surface area contributed by atoms with Crippen molar-refractivity contribution in [2.24, 2.45) is 0 Å². The van der Waals surface area contributed by atoms with Gasteiger partial charge in [0, 0.05) is 33.9 Å². The molecule has 0 saturated heterocycles. The van der Waals surface area contributed by atoms with Crippen LogP contribution in [0.5, 0.6) is 5.75 Å². The first-order valence-corrected chi connectivity index (χ1v) is 6.44. The minimum absolute atomic E-state index is 0.708. The van der Waals surface area contributed by atoms with Gasteiger partial charge in [-0.25, -0.2) is 4.98 Å². The molecule has 0 N–H and O–H groups in total. The third-order valence-corrected chi connectivity index (χ3v) is 2.97. The van der Waals surface area contributed by atoms with Crippen LogP contribution in [0.2, 0.25) is 0 Å². The number of aromatic nitrogens is 2. The number of nitrogens with zero attached hydrogens (tertiary/aromatic N) is 4. The van der Waals surface area contributed by atoms with Crippen molar-refractivity contribution < 1.29 is 4.74 Å². The molecule has 0 unspecified atom stereocenters. The Bertz CT molecular complexity index is 571. The number of anilines is 2. The van der Waals surface area contributed by atoms with Gasteiger partial charge in [-0.05, 0) is 23.8 Å². The first-order chi connectivity index (χ1) is 9.60. The summed E-state index contributed by atoms with van der Waals surface area (Å²) in [5, 5.41) is 0. The molecule has 106 valence electrons. The van der Waals surface area contributed by atoms with Crippen LogP contribution >= 0.6 is 0 Å². The van der Waals surface area contributed by atoms with E-state index in [1.165, 1.54) is 5.56 Å². The van der Waals surface area contributed by atoms with E-state index in [1.807, 2.05) is 50.3 Å². The van der Waals surface area contributed by atoms with Crippen molar-refractivity contribution in [3.05, 3.63) is 42.1 Å². The minimum Gasteiger partial charge on any atom is -0.497 e. The highest BCUT2D eigenvalue weighted by molar-refractivity contribution is 5.43. The Kier molecular flexibility index (Phi) is 4.40. The number of hydrogen-bond donors (Lipinski definition) is 0. The number of rotatable bonds is 5. The van der Waals surface area contributed by atoms with E-state index in [0.717, 1.165) is 18.1 Å². The Morgan fingerprint density at radius 2 is 1.95 bits per heavy atom. The van der Waals surface area contributed by atoms with Gasteiger partial charge in [0.15, 0.2) is 0 Å². The quantitative estimate of drug-likeness (QED) is 0.834. The molecule has 0 aliphatic heterocycles. The first kappa shape index (κ1) is 14.1.